The van der Waals surface area contributed by atoms with E-state index in [1.54, 1.807) is 25.1 Å². The van der Waals surface area contributed by atoms with Gasteiger partial charge in [-0.2, -0.15) is 0 Å². The fourth-order valence-electron chi connectivity index (χ4n) is 2.31. The van der Waals surface area contributed by atoms with Gasteiger partial charge in [-0.05, 0) is 24.1 Å². The molecule has 1 atom stereocenters. The first-order valence-corrected chi connectivity index (χ1v) is 7.61. The first-order valence-electron chi connectivity index (χ1n) is 7.23. The Morgan fingerprint density at radius 2 is 2.22 bits per heavy atom. The Hall–Kier alpha value is -2.28. The molecule has 1 aliphatic rings. The molecular formula is C15H18ClN3O4. The van der Waals surface area contributed by atoms with Crippen molar-refractivity contribution in [2.24, 2.45) is 5.92 Å². The van der Waals surface area contributed by atoms with Crippen molar-refractivity contribution in [2.45, 2.75) is 13.3 Å². The van der Waals surface area contributed by atoms with E-state index in [0.717, 1.165) is 0 Å². The molecule has 0 radical (unpaired) electrons. The number of carboxylic acids is 1. The van der Waals surface area contributed by atoms with Gasteiger partial charge in [-0.25, -0.2) is 4.79 Å². The summed E-state index contributed by atoms with van der Waals surface area (Å²) in [5.74, 6) is -1.50. The monoisotopic (exact) mass is 339 g/mol. The average Bonchev–Trinajstić information content (AvgIpc) is 2.91. The van der Waals surface area contributed by atoms with E-state index < -0.39 is 11.9 Å². The summed E-state index contributed by atoms with van der Waals surface area (Å²) < 4.78 is 0. The minimum absolute atomic E-state index is 0.0258. The number of anilines is 1. The minimum Gasteiger partial charge on any atom is -0.481 e. The number of carbonyl (C=O) groups is 3. The molecule has 1 aromatic rings. The fraction of sp³-hybridized carbons (Fsp3) is 0.400. The maximum atomic E-state index is 12.2. The Balaban J connectivity index is 2.07. The van der Waals surface area contributed by atoms with Crippen molar-refractivity contribution >= 4 is 35.2 Å². The van der Waals surface area contributed by atoms with Gasteiger partial charge in [-0.3, -0.25) is 14.5 Å². The zero-order chi connectivity index (χ0) is 17.0. The van der Waals surface area contributed by atoms with Crippen LogP contribution in [0.3, 0.4) is 0 Å². The van der Waals surface area contributed by atoms with Crippen molar-refractivity contribution in [2.75, 3.05) is 24.5 Å². The summed E-state index contributed by atoms with van der Waals surface area (Å²) in [5.41, 5.74) is 0.847. The highest BCUT2D eigenvalue weighted by Gasteiger charge is 2.23. The van der Waals surface area contributed by atoms with Crippen LogP contribution in [0.15, 0.2) is 18.2 Å². The number of nitrogens with one attached hydrogen (secondary N) is 2. The Morgan fingerprint density at radius 3 is 2.83 bits per heavy atom. The largest absolute Gasteiger partial charge is 0.481 e. The van der Waals surface area contributed by atoms with Crippen molar-refractivity contribution in [1.29, 1.82) is 0 Å². The van der Waals surface area contributed by atoms with E-state index in [1.807, 2.05) is 0 Å². The zero-order valence-corrected chi connectivity index (χ0v) is 13.4. The van der Waals surface area contributed by atoms with Gasteiger partial charge in [0, 0.05) is 31.7 Å². The summed E-state index contributed by atoms with van der Waals surface area (Å²) in [5, 5.41) is 14.3. The van der Waals surface area contributed by atoms with Gasteiger partial charge in [0.25, 0.3) is 5.91 Å². The van der Waals surface area contributed by atoms with Crippen LogP contribution >= 0.6 is 11.6 Å². The molecule has 1 fully saturated rings. The highest BCUT2D eigenvalue weighted by atomic mass is 35.5. The number of hydrogen-bond donors (Lipinski definition) is 3. The summed E-state index contributed by atoms with van der Waals surface area (Å²) in [6.07, 6.45) is -0.0258. The number of carboxylic acid groups (broad SMARTS) is 1. The summed E-state index contributed by atoms with van der Waals surface area (Å²) in [4.78, 5) is 36.1. The molecule has 1 saturated heterocycles. The molecule has 1 heterocycles. The highest BCUT2D eigenvalue weighted by Crippen LogP contribution is 2.24. The van der Waals surface area contributed by atoms with Crippen molar-refractivity contribution in [3.05, 3.63) is 28.8 Å². The zero-order valence-electron chi connectivity index (χ0n) is 12.6. The minimum atomic E-state index is -0.910. The van der Waals surface area contributed by atoms with E-state index in [0.29, 0.717) is 18.8 Å². The Kier molecular flexibility index (Phi) is 5.44. The van der Waals surface area contributed by atoms with Crippen molar-refractivity contribution < 1.29 is 19.5 Å². The molecule has 0 aliphatic carbocycles. The SMILES string of the molecule is CC(CNC(=O)c1cc(N2CCNC2=O)ccc1Cl)CC(=O)O. The predicted octanol–water partition coefficient (Wildman–Crippen LogP) is 1.71. The predicted molar refractivity (Wildman–Crippen MR) is 85.9 cm³/mol. The Labute approximate surface area is 138 Å². The number of carbonyl (C=O) groups excluding carboxylic acids is 2. The van der Waals surface area contributed by atoms with Crippen molar-refractivity contribution in [3.8, 4) is 0 Å². The van der Waals surface area contributed by atoms with Gasteiger partial charge in [0.2, 0.25) is 0 Å². The van der Waals surface area contributed by atoms with Gasteiger partial charge in [0.1, 0.15) is 0 Å². The normalized spacial score (nSPS) is 15.2. The molecule has 1 unspecified atom stereocenters. The number of amides is 3. The van der Waals surface area contributed by atoms with E-state index in [9.17, 15) is 14.4 Å². The Bertz CT molecular complexity index is 635. The third kappa shape index (κ3) is 4.35. The summed E-state index contributed by atoms with van der Waals surface area (Å²) in [6.45, 7) is 3.05. The number of aliphatic carboxylic acids is 1. The van der Waals surface area contributed by atoms with Crippen molar-refractivity contribution in [1.82, 2.24) is 10.6 Å². The van der Waals surface area contributed by atoms with E-state index in [1.165, 1.54) is 4.90 Å². The summed E-state index contributed by atoms with van der Waals surface area (Å²) >= 11 is 6.06. The third-order valence-corrected chi connectivity index (χ3v) is 3.83. The van der Waals surface area contributed by atoms with Crippen LogP contribution < -0.4 is 15.5 Å². The van der Waals surface area contributed by atoms with Gasteiger partial charge in [-0.1, -0.05) is 18.5 Å². The molecule has 0 aromatic heterocycles. The lowest BCUT2D eigenvalue weighted by Crippen LogP contribution is -2.30. The molecule has 3 N–H and O–H groups in total. The number of urea groups is 1. The lowest BCUT2D eigenvalue weighted by atomic mass is 10.1. The van der Waals surface area contributed by atoms with Crippen molar-refractivity contribution in [3.63, 3.8) is 0 Å². The fourth-order valence-corrected chi connectivity index (χ4v) is 2.51. The van der Waals surface area contributed by atoms with Crippen LogP contribution in [0.4, 0.5) is 10.5 Å². The summed E-state index contributed by atoms with van der Waals surface area (Å²) in [6, 6.07) is 4.59. The second-order valence-corrected chi connectivity index (χ2v) is 5.87. The first kappa shape index (κ1) is 17.1. The van der Waals surface area contributed by atoms with Crippen LogP contribution in [-0.2, 0) is 4.79 Å². The first-order chi connectivity index (χ1) is 10.9. The van der Waals surface area contributed by atoms with E-state index in [4.69, 9.17) is 16.7 Å². The van der Waals surface area contributed by atoms with Gasteiger partial charge < -0.3 is 15.7 Å². The molecular weight excluding hydrogens is 322 g/mol. The van der Waals surface area contributed by atoms with Gasteiger partial charge in [0.15, 0.2) is 0 Å². The van der Waals surface area contributed by atoms with Crippen LogP contribution in [0.2, 0.25) is 5.02 Å². The van der Waals surface area contributed by atoms with E-state index >= 15 is 0 Å². The number of benzene rings is 1. The third-order valence-electron chi connectivity index (χ3n) is 3.50. The quantitative estimate of drug-likeness (QED) is 0.734. The maximum Gasteiger partial charge on any atom is 0.321 e. The topological polar surface area (TPSA) is 98.7 Å². The van der Waals surface area contributed by atoms with Crippen LogP contribution in [0, 0.1) is 5.92 Å². The van der Waals surface area contributed by atoms with Crippen LogP contribution in [-0.4, -0.2) is 42.6 Å². The lowest BCUT2D eigenvalue weighted by molar-refractivity contribution is -0.137. The molecule has 23 heavy (non-hydrogen) atoms. The standard InChI is InChI=1S/C15H18ClN3O4/c1-9(6-13(20)21)8-18-14(22)11-7-10(2-3-12(11)16)19-5-4-17-15(19)23/h2-3,7,9H,4-6,8H2,1H3,(H,17,23)(H,18,22)(H,20,21). The molecule has 8 heteroatoms. The average molecular weight is 340 g/mol. The second kappa shape index (κ2) is 7.32. The number of rotatable bonds is 6. The Morgan fingerprint density at radius 1 is 1.48 bits per heavy atom. The summed E-state index contributed by atoms with van der Waals surface area (Å²) in [7, 11) is 0. The number of halogens is 1. The molecule has 0 bridgehead atoms. The molecule has 0 spiro atoms. The molecule has 2 rings (SSSR count). The highest BCUT2D eigenvalue weighted by molar-refractivity contribution is 6.34. The number of nitrogens with zero attached hydrogens (tertiary/aromatic N) is 1. The molecule has 124 valence electrons. The lowest BCUT2D eigenvalue weighted by Gasteiger charge is -2.16. The van der Waals surface area contributed by atoms with Crippen LogP contribution in [0.25, 0.3) is 0 Å². The van der Waals surface area contributed by atoms with Gasteiger partial charge >= 0.3 is 12.0 Å². The van der Waals surface area contributed by atoms with Gasteiger partial charge in [-0.15, -0.1) is 0 Å². The molecule has 1 aromatic carbocycles. The van der Waals surface area contributed by atoms with E-state index in [-0.39, 0.29) is 35.5 Å². The second-order valence-electron chi connectivity index (χ2n) is 5.46. The number of hydrogen-bond acceptors (Lipinski definition) is 3. The molecule has 0 saturated carbocycles. The maximum absolute atomic E-state index is 12.2. The molecule has 1 aliphatic heterocycles. The van der Waals surface area contributed by atoms with Crippen LogP contribution in [0.1, 0.15) is 23.7 Å². The smallest absolute Gasteiger partial charge is 0.321 e. The van der Waals surface area contributed by atoms with E-state index in [2.05, 4.69) is 10.6 Å². The molecule has 7 nitrogen and oxygen atoms in total. The van der Waals surface area contributed by atoms with Gasteiger partial charge in [0.05, 0.1) is 10.6 Å². The van der Waals surface area contributed by atoms with Crippen LogP contribution in [0.5, 0.6) is 0 Å². The molecule has 3 amide bonds.